The number of hydrogen-bond acceptors (Lipinski definition) is 3. The Kier molecular flexibility index (Phi) is 3.60. The SMILES string of the molecule is CCc1ccc(-n2cnnc2C2CCCNC2)cc1. The predicted octanol–water partition coefficient (Wildman–Crippen LogP) is 2.30. The molecule has 1 aliphatic rings. The third-order valence-electron chi connectivity index (χ3n) is 3.86. The molecule has 1 aromatic carbocycles. The Hall–Kier alpha value is -1.68. The second kappa shape index (κ2) is 5.53. The highest BCUT2D eigenvalue weighted by molar-refractivity contribution is 5.36. The summed E-state index contributed by atoms with van der Waals surface area (Å²) in [5.74, 6) is 1.55. The van der Waals surface area contributed by atoms with Crippen molar-refractivity contribution in [2.45, 2.75) is 32.1 Å². The fraction of sp³-hybridized carbons (Fsp3) is 0.467. The molecule has 1 N–H and O–H groups in total. The summed E-state index contributed by atoms with van der Waals surface area (Å²) in [5.41, 5.74) is 2.51. The van der Waals surface area contributed by atoms with Gasteiger partial charge in [0.2, 0.25) is 0 Å². The Morgan fingerprint density at radius 2 is 2.16 bits per heavy atom. The fourth-order valence-electron chi connectivity index (χ4n) is 2.69. The van der Waals surface area contributed by atoms with Gasteiger partial charge in [-0.25, -0.2) is 0 Å². The van der Waals surface area contributed by atoms with E-state index in [2.05, 4.69) is 51.3 Å². The molecule has 1 fully saturated rings. The van der Waals surface area contributed by atoms with Crippen LogP contribution in [0.4, 0.5) is 0 Å². The summed E-state index contributed by atoms with van der Waals surface area (Å²) in [6.45, 7) is 4.30. The minimum Gasteiger partial charge on any atom is -0.316 e. The van der Waals surface area contributed by atoms with Gasteiger partial charge in [-0.1, -0.05) is 19.1 Å². The molecule has 0 bridgehead atoms. The van der Waals surface area contributed by atoms with Crippen LogP contribution in [0.5, 0.6) is 0 Å². The highest BCUT2D eigenvalue weighted by atomic mass is 15.3. The first-order valence-electron chi connectivity index (χ1n) is 7.08. The Labute approximate surface area is 113 Å². The Bertz CT molecular complexity index is 523. The lowest BCUT2D eigenvalue weighted by molar-refractivity contribution is 0.442. The number of piperidine rings is 1. The fourth-order valence-corrected chi connectivity index (χ4v) is 2.69. The molecule has 0 aliphatic carbocycles. The molecule has 0 radical (unpaired) electrons. The van der Waals surface area contributed by atoms with Gasteiger partial charge >= 0.3 is 0 Å². The van der Waals surface area contributed by atoms with Crippen molar-refractivity contribution in [2.75, 3.05) is 13.1 Å². The first kappa shape index (κ1) is 12.4. The van der Waals surface area contributed by atoms with E-state index in [1.807, 2.05) is 6.33 Å². The van der Waals surface area contributed by atoms with Crippen molar-refractivity contribution in [3.63, 3.8) is 0 Å². The second-order valence-electron chi connectivity index (χ2n) is 5.12. The molecule has 1 unspecified atom stereocenters. The van der Waals surface area contributed by atoms with Gasteiger partial charge in [0, 0.05) is 18.2 Å². The maximum Gasteiger partial charge on any atom is 0.141 e. The van der Waals surface area contributed by atoms with Crippen LogP contribution in [0, 0.1) is 0 Å². The van der Waals surface area contributed by atoms with Crippen molar-refractivity contribution in [3.8, 4) is 5.69 Å². The summed E-state index contributed by atoms with van der Waals surface area (Å²) in [5, 5.41) is 11.9. The minimum atomic E-state index is 0.474. The number of nitrogens with zero attached hydrogens (tertiary/aromatic N) is 3. The van der Waals surface area contributed by atoms with E-state index in [0.29, 0.717) is 5.92 Å². The van der Waals surface area contributed by atoms with Crippen molar-refractivity contribution < 1.29 is 0 Å². The lowest BCUT2D eigenvalue weighted by atomic mass is 9.99. The van der Waals surface area contributed by atoms with E-state index in [1.54, 1.807) is 0 Å². The van der Waals surface area contributed by atoms with Crippen LogP contribution < -0.4 is 5.32 Å². The number of hydrogen-bond donors (Lipinski definition) is 1. The maximum absolute atomic E-state index is 4.33. The summed E-state index contributed by atoms with van der Waals surface area (Å²) >= 11 is 0. The molecule has 19 heavy (non-hydrogen) atoms. The number of rotatable bonds is 3. The largest absolute Gasteiger partial charge is 0.316 e. The Morgan fingerprint density at radius 3 is 2.84 bits per heavy atom. The number of nitrogens with one attached hydrogen (secondary N) is 1. The van der Waals surface area contributed by atoms with Crippen LogP contribution in [0.15, 0.2) is 30.6 Å². The summed E-state index contributed by atoms with van der Waals surface area (Å²) in [7, 11) is 0. The van der Waals surface area contributed by atoms with E-state index in [9.17, 15) is 0 Å². The lowest BCUT2D eigenvalue weighted by Gasteiger charge is -2.22. The molecule has 1 aliphatic heterocycles. The normalized spacial score (nSPS) is 19.5. The highest BCUT2D eigenvalue weighted by Crippen LogP contribution is 2.23. The molecule has 3 rings (SSSR count). The average Bonchev–Trinajstić information content (AvgIpc) is 2.98. The molecule has 2 aromatic rings. The van der Waals surface area contributed by atoms with Crippen molar-refractivity contribution in [1.29, 1.82) is 0 Å². The van der Waals surface area contributed by atoms with Gasteiger partial charge in [0.25, 0.3) is 0 Å². The van der Waals surface area contributed by atoms with Gasteiger partial charge in [-0.3, -0.25) is 4.57 Å². The average molecular weight is 256 g/mol. The summed E-state index contributed by atoms with van der Waals surface area (Å²) in [4.78, 5) is 0. The van der Waals surface area contributed by atoms with Gasteiger partial charge in [-0.2, -0.15) is 0 Å². The minimum absolute atomic E-state index is 0.474. The Balaban J connectivity index is 1.89. The van der Waals surface area contributed by atoms with E-state index < -0.39 is 0 Å². The van der Waals surface area contributed by atoms with Crippen LogP contribution in [0.2, 0.25) is 0 Å². The van der Waals surface area contributed by atoms with Crippen LogP contribution in [0.25, 0.3) is 5.69 Å². The first-order valence-corrected chi connectivity index (χ1v) is 7.08. The monoisotopic (exact) mass is 256 g/mol. The highest BCUT2D eigenvalue weighted by Gasteiger charge is 2.20. The molecule has 100 valence electrons. The van der Waals surface area contributed by atoms with Gasteiger partial charge in [-0.05, 0) is 43.5 Å². The maximum atomic E-state index is 4.33. The molecule has 1 saturated heterocycles. The van der Waals surface area contributed by atoms with E-state index >= 15 is 0 Å². The van der Waals surface area contributed by atoms with E-state index in [0.717, 1.165) is 31.0 Å². The number of aryl methyl sites for hydroxylation is 1. The van der Waals surface area contributed by atoms with Crippen LogP contribution in [-0.4, -0.2) is 27.9 Å². The van der Waals surface area contributed by atoms with Crippen molar-refractivity contribution in [3.05, 3.63) is 42.0 Å². The van der Waals surface area contributed by atoms with Crippen LogP contribution in [-0.2, 0) is 6.42 Å². The zero-order chi connectivity index (χ0) is 13.1. The zero-order valence-electron chi connectivity index (χ0n) is 11.3. The third kappa shape index (κ3) is 2.54. The Morgan fingerprint density at radius 1 is 1.32 bits per heavy atom. The second-order valence-corrected chi connectivity index (χ2v) is 5.12. The zero-order valence-corrected chi connectivity index (χ0v) is 11.3. The molecule has 1 atom stereocenters. The van der Waals surface area contributed by atoms with Crippen molar-refractivity contribution >= 4 is 0 Å². The number of aromatic nitrogens is 3. The molecule has 0 spiro atoms. The van der Waals surface area contributed by atoms with E-state index in [-0.39, 0.29) is 0 Å². The summed E-state index contributed by atoms with van der Waals surface area (Å²) in [6, 6.07) is 8.67. The summed E-state index contributed by atoms with van der Waals surface area (Å²) in [6.07, 6.45) is 5.30. The first-order chi connectivity index (χ1) is 9.38. The molecular formula is C15H20N4. The van der Waals surface area contributed by atoms with Gasteiger partial charge in [0.05, 0.1) is 0 Å². The molecule has 0 saturated carbocycles. The van der Waals surface area contributed by atoms with Crippen molar-refractivity contribution in [1.82, 2.24) is 20.1 Å². The quantitative estimate of drug-likeness (QED) is 0.916. The molecule has 1 aromatic heterocycles. The molecule has 2 heterocycles. The predicted molar refractivity (Wildman–Crippen MR) is 75.6 cm³/mol. The smallest absolute Gasteiger partial charge is 0.141 e. The summed E-state index contributed by atoms with van der Waals surface area (Å²) < 4.78 is 2.12. The number of benzene rings is 1. The third-order valence-corrected chi connectivity index (χ3v) is 3.86. The van der Waals surface area contributed by atoms with Gasteiger partial charge < -0.3 is 5.32 Å². The van der Waals surface area contributed by atoms with Gasteiger partial charge in [0.15, 0.2) is 0 Å². The molecular weight excluding hydrogens is 236 g/mol. The van der Waals surface area contributed by atoms with Gasteiger partial charge in [0.1, 0.15) is 12.2 Å². The standard InChI is InChI=1S/C15H20N4/c1-2-12-5-7-14(8-6-12)19-11-17-18-15(19)13-4-3-9-16-10-13/h5-8,11,13,16H,2-4,9-10H2,1H3. The van der Waals surface area contributed by atoms with Crippen LogP contribution >= 0.6 is 0 Å². The van der Waals surface area contributed by atoms with Crippen LogP contribution in [0.3, 0.4) is 0 Å². The van der Waals surface area contributed by atoms with E-state index in [1.165, 1.54) is 18.4 Å². The van der Waals surface area contributed by atoms with E-state index in [4.69, 9.17) is 0 Å². The van der Waals surface area contributed by atoms with Crippen molar-refractivity contribution in [2.24, 2.45) is 0 Å². The van der Waals surface area contributed by atoms with Crippen LogP contribution in [0.1, 0.15) is 37.1 Å². The molecule has 4 nitrogen and oxygen atoms in total. The van der Waals surface area contributed by atoms with Gasteiger partial charge in [-0.15, -0.1) is 10.2 Å². The lowest BCUT2D eigenvalue weighted by Crippen LogP contribution is -2.29. The topological polar surface area (TPSA) is 42.7 Å². The molecule has 4 heteroatoms. The molecule has 0 amide bonds.